The molecule has 1 aromatic rings. The van der Waals surface area contributed by atoms with E-state index >= 15 is 0 Å². The first-order valence-corrected chi connectivity index (χ1v) is 4.44. The molecule has 0 fully saturated rings. The van der Waals surface area contributed by atoms with Gasteiger partial charge in [0.1, 0.15) is 0 Å². The van der Waals surface area contributed by atoms with Gasteiger partial charge in [-0.1, -0.05) is 0 Å². The Morgan fingerprint density at radius 3 is 1.11 bits per heavy atom. The van der Waals surface area contributed by atoms with Crippen molar-refractivity contribution in [3.8, 4) is 0 Å². The number of benzene rings is 1. The zero-order valence-electron chi connectivity index (χ0n) is 9.32. The summed E-state index contributed by atoms with van der Waals surface area (Å²) in [7, 11) is 0. The van der Waals surface area contributed by atoms with Gasteiger partial charge in [-0.25, -0.2) is 0 Å². The Morgan fingerprint density at radius 2 is 0.947 bits per heavy atom. The van der Waals surface area contributed by atoms with Gasteiger partial charge in [0.05, 0.1) is 0 Å². The first-order valence-electron chi connectivity index (χ1n) is 3.46. The maximum absolute atomic E-state index is 7.50. The average molecular weight is 361 g/mol. The molecule has 0 amide bonds. The van der Waals surface area contributed by atoms with Crippen LogP contribution < -0.4 is 0 Å². The minimum atomic E-state index is 0. The van der Waals surface area contributed by atoms with E-state index in [0.29, 0.717) is 0 Å². The summed E-state index contributed by atoms with van der Waals surface area (Å²) < 4.78 is 37.5. The molecule has 0 saturated heterocycles. The van der Waals surface area contributed by atoms with Crippen LogP contribution in [0.15, 0.2) is 30.3 Å². The van der Waals surface area contributed by atoms with Gasteiger partial charge in [-0.3, -0.25) is 0 Å². The van der Waals surface area contributed by atoms with E-state index in [2.05, 4.69) is 61.0 Å². The normalized spacial score (nSPS) is 4.11. The zero-order chi connectivity index (χ0) is 15.8. The molecule has 5 nitrogen and oxygen atoms in total. The molecule has 1 aromatic carbocycles. The Balaban J connectivity index is -0.0000000332. The Labute approximate surface area is 130 Å². The van der Waals surface area contributed by atoms with E-state index in [1.165, 1.54) is 5.56 Å². The molecular formula is C12H6CrO5Se. The van der Waals surface area contributed by atoms with Crippen LogP contribution >= 0.6 is 0 Å². The maximum atomic E-state index is 7.50. The van der Waals surface area contributed by atoms with Crippen molar-refractivity contribution in [3.05, 3.63) is 69.1 Å². The van der Waals surface area contributed by atoms with Crippen LogP contribution in [0.3, 0.4) is 0 Å². The molecular weight excluding hydrogens is 355 g/mol. The Hall–Kier alpha value is -1.16. The molecule has 96 valence electrons. The molecule has 0 aliphatic carbocycles. The Kier molecular flexibility index (Phi) is 131. The Bertz CT molecular complexity index is 319. The predicted molar refractivity (Wildman–Crippen MR) is 57.0 cm³/mol. The topological polar surface area (TPSA) is 99.5 Å². The van der Waals surface area contributed by atoms with Gasteiger partial charge in [0.15, 0.2) is 0 Å². The van der Waals surface area contributed by atoms with Crippen molar-refractivity contribution in [1.29, 1.82) is 0 Å². The van der Waals surface area contributed by atoms with Crippen molar-refractivity contribution < 1.29 is 40.6 Å². The van der Waals surface area contributed by atoms with E-state index in [0.717, 1.165) is 0 Å². The fraction of sp³-hybridized carbons (Fsp3) is 0. The fourth-order valence-electron chi connectivity index (χ4n) is 0.532. The van der Waals surface area contributed by atoms with Gasteiger partial charge in [-0.05, 0) is 0 Å². The van der Waals surface area contributed by atoms with Crippen LogP contribution in [0.25, 0.3) is 0 Å². The third-order valence-corrected chi connectivity index (χ3v) is 1.51. The summed E-state index contributed by atoms with van der Waals surface area (Å²) in [6, 6.07) is 10.1. The SMILES string of the molecule is [C-]#[O+].[C-]#[O+].[C-]#[O+].[C-]#[O+].[C-]#[O+].[Cr].[Se]=Cc1ccccc1. The van der Waals surface area contributed by atoms with Crippen molar-refractivity contribution in [2.75, 3.05) is 0 Å². The monoisotopic (exact) mass is 362 g/mol. The first-order chi connectivity index (χ1) is 8.93. The van der Waals surface area contributed by atoms with Crippen molar-refractivity contribution >= 4 is 20.5 Å². The molecule has 0 bridgehead atoms. The molecule has 7 heteroatoms. The van der Waals surface area contributed by atoms with Crippen LogP contribution in [0, 0.1) is 33.3 Å². The summed E-state index contributed by atoms with van der Waals surface area (Å²) in [6.07, 6.45) is 0. The van der Waals surface area contributed by atoms with Gasteiger partial charge < -0.3 is 0 Å². The molecule has 0 aromatic heterocycles. The van der Waals surface area contributed by atoms with Crippen molar-refractivity contribution in [2.24, 2.45) is 0 Å². The van der Waals surface area contributed by atoms with E-state index in [4.69, 9.17) is 23.3 Å². The molecule has 0 radical (unpaired) electrons. The van der Waals surface area contributed by atoms with Crippen LogP contribution in [0.5, 0.6) is 0 Å². The quantitative estimate of drug-likeness (QED) is 0.402. The van der Waals surface area contributed by atoms with E-state index in [9.17, 15) is 0 Å². The van der Waals surface area contributed by atoms with E-state index in [1.807, 2.05) is 23.1 Å². The van der Waals surface area contributed by atoms with E-state index < -0.39 is 0 Å². The second-order valence-corrected chi connectivity index (χ2v) is 2.02. The first kappa shape index (κ1) is 36.1. The number of hydrogen-bond acceptors (Lipinski definition) is 0. The Morgan fingerprint density at radius 1 is 0.684 bits per heavy atom. The molecule has 0 spiro atoms. The van der Waals surface area contributed by atoms with Crippen LogP contribution in [0.1, 0.15) is 5.56 Å². The second-order valence-electron chi connectivity index (χ2n) is 1.53. The molecule has 0 atom stereocenters. The van der Waals surface area contributed by atoms with E-state index in [1.54, 1.807) is 0 Å². The summed E-state index contributed by atoms with van der Waals surface area (Å²) >= 11 is 2.83. The molecule has 19 heavy (non-hydrogen) atoms. The zero-order valence-corrected chi connectivity index (χ0v) is 12.3. The van der Waals surface area contributed by atoms with Gasteiger partial charge in [-0.15, -0.1) is 0 Å². The summed E-state index contributed by atoms with van der Waals surface area (Å²) in [5.41, 5.74) is 1.23. The van der Waals surface area contributed by atoms with Gasteiger partial charge in [0, 0.05) is 17.4 Å². The van der Waals surface area contributed by atoms with Crippen LogP contribution in [-0.2, 0) is 40.6 Å². The van der Waals surface area contributed by atoms with Gasteiger partial charge in [0.2, 0.25) is 0 Å². The second kappa shape index (κ2) is 68.7. The van der Waals surface area contributed by atoms with E-state index in [-0.39, 0.29) is 17.4 Å². The summed E-state index contributed by atoms with van der Waals surface area (Å²) in [6.45, 7) is 22.5. The fourth-order valence-corrected chi connectivity index (χ4v) is 0.861. The third kappa shape index (κ3) is 47.5. The molecule has 1 rings (SSSR count). The van der Waals surface area contributed by atoms with Crippen molar-refractivity contribution in [2.45, 2.75) is 0 Å². The van der Waals surface area contributed by atoms with Gasteiger partial charge in [-0.2, -0.15) is 0 Å². The van der Waals surface area contributed by atoms with Crippen molar-refractivity contribution in [3.63, 3.8) is 0 Å². The number of hydrogen-bond donors (Lipinski definition) is 0. The molecule has 0 aliphatic heterocycles. The average Bonchev–Trinajstić information content (AvgIpc) is 2.57. The molecule has 0 saturated carbocycles. The van der Waals surface area contributed by atoms with Gasteiger partial charge >= 0.3 is 113 Å². The third-order valence-electron chi connectivity index (χ3n) is 0.936. The molecule has 0 N–H and O–H groups in total. The van der Waals surface area contributed by atoms with Crippen LogP contribution in [-0.4, -0.2) is 20.5 Å². The van der Waals surface area contributed by atoms with Crippen molar-refractivity contribution in [1.82, 2.24) is 0 Å². The molecule has 0 aliphatic rings. The molecule has 0 unspecified atom stereocenters. The summed E-state index contributed by atoms with van der Waals surface area (Å²) in [5, 5.41) is 0. The summed E-state index contributed by atoms with van der Waals surface area (Å²) in [4.78, 5) is 1.96. The standard InChI is InChI=1S/C7H6Se.5CO.Cr/c8-6-7-4-2-1-3-5-7;5*1-2;/h1-6H;;;;;;. The number of rotatable bonds is 1. The molecule has 0 heterocycles. The minimum absolute atomic E-state index is 0. The predicted octanol–water partition coefficient (Wildman–Crippen LogP) is 0.815. The van der Waals surface area contributed by atoms with Crippen LogP contribution in [0.2, 0.25) is 0 Å². The van der Waals surface area contributed by atoms with Gasteiger partial charge in [0.25, 0.3) is 0 Å². The summed E-state index contributed by atoms with van der Waals surface area (Å²) in [5.74, 6) is 0. The van der Waals surface area contributed by atoms with Crippen LogP contribution in [0.4, 0.5) is 0 Å².